The van der Waals surface area contributed by atoms with Crippen molar-refractivity contribution in [3.8, 4) is 5.75 Å². The van der Waals surface area contributed by atoms with Crippen LogP contribution in [-0.4, -0.2) is 27.2 Å². The van der Waals surface area contributed by atoms with Crippen LogP contribution in [0.5, 0.6) is 5.75 Å². The number of aryl methyl sites for hydroxylation is 2. The van der Waals surface area contributed by atoms with Gasteiger partial charge in [0.15, 0.2) is 0 Å². The van der Waals surface area contributed by atoms with Crippen LogP contribution < -0.4 is 4.74 Å². The second kappa shape index (κ2) is 6.84. The lowest BCUT2D eigenvalue weighted by molar-refractivity contribution is -0.119. The molecule has 5 nitrogen and oxygen atoms in total. The Morgan fingerprint density at radius 1 is 1.40 bits per heavy atom. The van der Waals surface area contributed by atoms with Crippen molar-refractivity contribution < 1.29 is 9.53 Å². The minimum absolute atomic E-state index is 0.111. The first-order valence-corrected chi connectivity index (χ1v) is 6.77. The lowest BCUT2D eigenvalue weighted by Gasteiger charge is -2.06. The first-order chi connectivity index (χ1) is 9.69. The SMILES string of the molecule is CCn1ncnc1CC(=O)CCOc1cccc(C)c1. The first-order valence-electron chi connectivity index (χ1n) is 6.77. The summed E-state index contributed by atoms with van der Waals surface area (Å²) in [4.78, 5) is 16.0. The van der Waals surface area contributed by atoms with Gasteiger partial charge in [0, 0.05) is 13.0 Å². The van der Waals surface area contributed by atoms with E-state index in [1.54, 1.807) is 4.68 Å². The Labute approximate surface area is 118 Å². The molecular formula is C15H19N3O2. The zero-order valence-corrected chi connectivity index (χ0v) is 11.9. The van der Waals surface area contributed by atoms with E-state index in [0.29, 0.717) is 25.3 Å². The average Bonchev–Trinajstić information content (AvgIpc) is 2.86. The maximum Gasteiger partial charge on any atom is 0.143 e. The predicted octanol–water partition coefficient (Wildman–Crippen LogP) is 2.19. The maximum atomic E-state index is 11.9. The van der Waals surface area contributed by atoms with Gasteiger partial charge >= 0.3 is 0 Å². The molecule has 106 valence electrons. The van der Waals surface area contributed by atoms with E-state index in [9.17, 15) is 4.79 Å². The lowest BCUT2D eigenvalue weighted by atomic mass is 10.2. The van der Waals surface area contributed by atoms with E-state index in [4.69, 9.17) is 4.74 Å². The molecule has 2 aromatic rings. The van der Waals surface area contributed by atoms with Crippen LogP contribution >= 0.6 is 0 Å². The number of hydrogen-bond acceptors (Lipinski definition) is 4. The molecule has 0 saturated heterocycles. The molecule has 5 heteroatoms. The maximum absolute atomic E-state index is 11.9. The monoisotopic (exact) mass is 273 g/mol. The van der Waals surface area contributed by atoms with Crippen molar-refractivity contribution in [1.29, 1.82) is 0 Å². The smallest absolute Gasteiger partial charge is 0.143 e. The number of carbonyl (C=O) groups is 1. The van der Waals surface area contributed by atoms with Gasteiger partial charge in [-0.05, 0) is 31.5 Å². The number of aromatic nitrogens is 3. The van der Waals surface area contributed by atoms with Crippen molar-refractivity contribution in [2.45, 2.75) is 33.2 Å². The van der Waals surface area contributed by atoms with Crippen LogP contribution in [0.1, 0.15) is 24.7 Å². The largest absolute Gasteiger partial charge is 0.493 e. The number of ketones is 1. The van der Waals surface area contributed by atoms with Gasteiger partial charge in [-0.3, -0.25) is 4.79 Å². The third-order valence-electron chi connectivity index (χ3n) is 2.99. The Hall–Kier alpha value is -2.17. The van der Waals surface area contributed by atoms with Crippen molar-refractivity contribution in [1.82, 2.24) is 14.8 Å². The van der Waals surface area contributed by atoms with Crippen molar-refractivity contribution in [3.05, 3.63) is 42.0 Å². The van der Waals surface area contributed by atoms with Gasteiger partial charge in [0.1, 0.15) is 23.7 Å². The van der Waals surface area contributed by atoms with Gasteiger partial charge in [0.25, 0.3) is 0 Å². The van der Waals surface area contributed by atoms with Gasteiger partial charge in [-0.1, -0.05) is 12.1 Å². The summed E-state index contributed by atoms with van der Waals surface area (Å²) in [7, 11) is 0. The Morgan fingerprint density at radius 3 is 3.00 bits per heavy atom. The summed E-state index contributed by atoms with van der Waals surface area (Å²) in [6.07, 6.45) is 2.17. The molecule has 0 aliphatic rings. The van der Waals surface area contributed by atoms with Gasteiger partial charge in [0.2, 0.25) is 0 Å². The fourth-order valence-corrected chi connectivity index (χ4v) is 1.94. The molecule has 1 aromatic heterocycles. The molecule has 1 heterocycles. The fourth-order valence-electron chi connectivity index (χ4n) is 1.94. The zero-order chi connectivity index (χ0) is 14.4. The second-order valence-electron chi connectivity index (χ2n) is 4.62. The molecule has 0 aliphatic carbocycles. The van der Waals surface area contributed by atoms with Crippen LogP contribution in [0.3, 0.4) is 0 Å². The highest BCUT2D eigenvalue weighted by atomic mass is 16.5. The number of Topliss-reactive ketones (excluding diaryl/α,β-unsaturated/α-hetero) is 1. The van der Waals surface area contributed by atoms with Crippen LogP contribution in [0.15, 0.2) is 30.6 Å². The topological polar surface area (TPSA) is 57.0 Å². The van der Waals surface area contributed by atoms with Crippen LogP contribution in [0.25, 0.3) is 0 Å². The molecule has 0 saturated carbocycles. The summed E-state index contributed by atoms with van der Waals surface area (Å²) < 4.78 is 7.30. The minimum atomic E-state index is 0.111. The molecular weight excluding hydrogens is 254 g/mol. The van der Waals surface area contributed by atoms with E-state index in [-0.39, 0.29) is 5.78 Å². The molecule has 0 radical (unpaired) electrons. The highest BCUT2D eigenvalue weighted by molar-refractivity contribution is 5.80. The second-order valence-corrected chi connectivity index (χ2v) is 4.62. The molecule has 20 heavy (non-hydrogen) atoms. The average molecular weight is 273 g/mol. The standard InChI is InChI=1S/C15H19N3O2/c1-3-18-15(16-11-17-18)10-13(19)7-8-20-14-6-4-5-12(2)9-14/h4-6,9,11H,3,7-8,10H2,1-2H3. The Balaban J connectivity index is 1.78. The highest BCUT2D eigenvalue weighted by Gasteiger charge is 2.09. The molecule has 0 atom stereocenters. The Bertz CT molecular complexity index is 578. The minimum Gasteiger partial charge on any atom is -0.493 e. The van der Waals surface area contributed by atoms with E-state index >= 15 is 0 Å². The molecule has 0 N–H and O–H groups in total. The van der Waals surface area contributed by atoms with Crippen molar-refractivity contribution in [2.75, 3.05) is 6.61 Å². The van der Waals surface area contributed by atoms with Gasteiger partial charge in [-0.15, -0.1) is 0 Å². The Morgan fingerprint density at radius 2 is 2.25 bits per heavy atom. The predicted molar refractivity (Wildman–Crippen MR) is 75.7 cm³/mol. The molecule has 0 aliphatic heterocycles. The van der Waals surface area contributed by atoms with E-state index in [0.717, 1.165) is 17.9 Å². The van der Waals surface area contributed by atoms with E-state index in [1.807, 2.05) is 38.1 Å². The molecule has 2 rings (SSSR count). The van der Waals surface area contributed by atoms with Gasteiger partial charge in [0.05, 0.1) is 13.0 Å². The van der Waals surface area contributed by atoms with Gasteiger partial charge in [-0.2, -0.15) is 5.10 Å². The third-order valence-corrected chi connectivity index (χ3v) is 2.99. The molecule has 0 fully saturated rings. The molecule has 0 bridgehead atoms. The summed E-state index contributed by atoms with van der Waals surface area (Å²) in [6, 6.07) is 7.80. The Kier molecular flexibility index (Phi) is 4.87. The van der Waals surface area contributed by atoms with Crippen LogP contribution in [0.4, 0.5) is 0 Å². The van der Waals surface area contributed by atoms with Crippen molar-refractivity contribution in [2.24, 2.45) is 0 Å². The summed E-state index contributed by atoms with van der Waals surface area (Å²) in [5.41, 5.74) is 1.14. The summed E-state index contributed by atoms with van der Waals surface area (Å²) >= 11 is 0. The number of hydrogen-bond donors (Lipinski definition) is 0. The van der Waals surface area contributed by atoms with E-state index < -0.39 is 0 Å². The fraction of sp³-hybridized carbons (Fsp3) is 0.400. The first kappa shape index (κ1) is 14.2. The van der Waals surface area contributed by atoms with Crippen molar-refractivity contribution >= 4 is 5.78 Å². The molecule has 0 unspecified atom stereocenters. The normalized spacial score (nSPS) is 10.5. The van der Waals surface area contributed by atoms with Crippen molar-refractivity contribution in [3.63, 3.8) is 0 Å². The molecule has 0 spiro atoms. The van der Waals surface area contributed by atoms with E-state index in [2.05, 4.69) is 10.1 Å². The molecule has 0 amide bonds. The van der Waals surface area contributed by atoms with Gasteiger partial charge < -0.3 is 4.74 Å². The molecule has 1 aromatic carbocycles. The van der Waals surface area contributed by atoms with Crippen LogP contribution in [-0.2, 0) is 17.8 Å². The van der Waals surface area contributed by atoms with Gasteiger partial charge in [-0.25, -0.2) is 9.67 Å². The number of rotatable bonds is 7. The number of ether oxygens (including phenoxy) is 1. The highest BCUT2D eigenvalue weighted by Crippen LogP contribution is 2.12. The van der Waals surface area contributed by atoms with Crippen LogP contribution in [0, 0.1) is 6.92 Å². The summed E-state index contributed by atoms with van der Waals surface area (Å²) in [5, 5.41) is 4.05. The number of benzene rings is 1. The zero-order valence-electron chi connectivity index (χ0n) is 11.9. The lowest BCUT2D eigenvalue weighted by Crippen LogP contribution is -2.13. The third kappa shape index (κ3) is 3.91. The summed E-state index contributed by atoms with van der Waals surface area (Å²) in [5.74, 6) is 1.63. The number of carbonyl (C=O) groups excluding carboxylic acids is 1. The van der Waals surface area contributed by atoms with E-state index in [1.165, 1.54) is 6.33 Å². The quantitative estimate of drug-likeness (QED) is 0.776. The summed E-state index contributed by atoms with van der Waals surface area (Å²) in [6.45, 7) is 5.10. The number of nitrogens with zero attached hydrogens (tertiary/aromatic N) is 3. The van der Waals surface area contributed by atoms with Crippen LogP contribution in [0.2, 0.25) is 0 Å².